The second-order valence-electron chi connectivity index (χ2n) is 3.41. The van der Waals surface area contributed by atoms with E-state index in [1.165, 1.54) is 0 Å². The number of hydrogen-bond donors (Lipinski definition) is 0. The van der Waals surface area contributed by atoms with E-state index in [2.05, 4.69) is 0 Å². The molecule has 0 amide bonds. The summed E-state index contributed by atoms with van der Waals surface area (Å²) < 4.78 is 10.2. The SMILES string of the molecule is CCCCOC(=O)COc1c(Cl)cccc1Cl. The van der Waals surface area contributed by atoms with Crippen LogP contribution < -0.4 is 4.74 Å². The van der Waals surface area contributed by atoms with Crippen LogP contribution >= 0.6 is 23.2 Å². The number of carbonyl (C=O) groups excluding carboxylic acids is 1. The minimum Gasteiger partial charge on any atom is -0.479 e. The van der Waals surface area contributed by atoms with E-state index in [1.54, 1.807) is 18.2 Å². The fourth-order valence-corrected chi connectivity index (χ4v) is 1.63. The first-order valence-electron chi connectivity index (χ1n) is 5.37. The molecule has 0 saturated carbocycles. The van der Waals surface area contributed by atoms with Crippen molar-refractivity contribution in [3.63, 3.8) is 0 Å². The summed E-state index contributed by atoms with van der Waals surface area (Å²) in [6.07, 6.45) is 1.82. The molecular weight excluding hydrogens is 263 g/mol. The molecule has 0 aliphatic rings. The molecule has 0 N–H and O–H groups in total. The van der Waals surface area contributed by atoms with Crippen LogP contribution in [0.2, 0.25) is 10.0 Å². The van der Waals surface area contributed by atoms with Gasteiger partial charge in [0.25, 0.3) is 0 Å². The van der Waals surface area contributed by atoms with Crippen molar-refractivity contribution < 1.29 is 14.3 Å². The third kappa shape index (κ3) is 4.84. The van der Waals surface area contributed by atoms with E-state index in [4.69, 9.17) is 32.7 Å². The average Bonchev–Trinajstić information content (AvgIpc) is 2.29. The van der Waals surface area contributed by atoms with Crippen molar-refractivity contribution >= 4 is 29.2 Å². The summed E-state index contributed by atoms with van der Waals surface area (Å²) in [7, 11) is 0. The van der Waals surface area contributed by atoms with Crippen molar-refractivity contribution in [2.75, 3.05) is 13.2 Å². The molecule has 0 aliphatic heterocycles. The number of benzene rings is 1. The van der Waals surface area contributed by atoms with E-state index in [0.717, 1.165) is 12.8 Å². The highest BCUT2D eigenvalue weighted by atomic mass is 35.5. The van der Waals surface area contributed by atoms with Gasteiger partial charge in [-0.25, -0.2) is 4.79 Å². The molecule has 0 aliphatic carbocycles. The summed E-state index contributed by atoms with van der Waals surface area (Å²) in [5, 5.41) is 0.748. The van der Waals surface area contributed by atoms with Gasteiger partial charge in [0.2, 0.25) is 0 Å². The molecule has 5 heteroatoms. The van der Waals surface area contributed by atoms with Gasteiger partial charge in [0.05, 0.1) is 16.7 Å². The number of halogens is 2. The van der Waals surface area contributed by atoms with Crippen molar-refractivity contribution in [2.24, 2.45) is 0 Å². The average molecular weight is 277 g/mol. The van der Waals surface area contributed by atoms with Crippen LogP contribution in [-0.2, 0) is 9.53 Å². The summed E-state index contributed by atoms with van der Waals surface area (Å²) in [5.74, 6) is -0.113. The van der Waals surface area contributed by atoms with Crippen LogP contribution in [0.3, 0.4) is 0 Å². The van der Waals surface area contributed by atoms with E-state index >= 15 is 0 Å². The zero-order chi connectivity index (χ0) is 12.7. The number of ether oxygens (including phenoxy) is 2. The van der Waals surface area contributed by atoms with Gasteiger partial charge in [-0.2, -0.15) is 0 Å². The quantitative estimate of drug-likeness (QED) is 0.587. The summed E-state index contributed by atoms with van der Waals surface area (Å²) in [5.41, 5.74) is 0. The summed E-state index contributed by atoms with van der Waals surface area (Å²) >= 11 is 11.8. The van der Waals surface area contributed by atoms with Gasteiger partial charge in [-0.15, -0.1) is 0 Å². The maximum absolute atomic E-state index is 11.3. The van der Waals surface area contributed by atoms with Crippen molar-refractivity contribution in [3.8, 4) is 5.75 Å². The van der Waals surface area contributed by atoms with E-state index in [1.807, 2.05) is 6.92 Å². The first kappa shape index (κ1) is 14.1. The fourth-order valence-electron chi connectivity index (χ4n) is 1.12. The largest absolute Gasteiger partial charge is 0.479 e. The molecule has 0 aromatic heterocycles. The van der Waals surface area contributed by atoms with Crippen LogP contribution in [0.4, 0.5) is 0 Å². The normalized spacial score (nSPS) is 10.1. The molecule has 0 unspecified atom stereocenters. The monoisotopic (exact) mass is 276 g/mol. The van der Waals surface area contributed by atoms with Crippen molar-refractivity contribution in [1.29, 1.82) is 0 Å². The van der Waals surface area contributed by atoms with Gasteiger partial charge in [0.15, 0.2) is 12.4 Å². The van der Waals surface area contributed by atoms with E-state index in [0.29, 0.717) is 22.4 Å². The van der Waals surface area contributed by atoms with Crippen molar-refractivity contribution in [1.82, 2.24) is 0 Å². The van der Waals surface area contributed by atoms with Gasteiger partial charge < -0.3 is 9.47 Å². The van der Waals surface area contributed by atoms with Crippen LogP contribution in [0, 0.1) is 0 Å². The van der Waals surface area contributed by atoms with E-state index in [9.17, 15) is 4.79 Å². The number of rotatable bonds is 6. The predicted molar refractivity (Wildman–Crippen MR) is 67.8 cm³/mol. The molecule has 0 saturated heterocycles. The summed E-state index contributed by atoms with van der Waals surface area (Å²) in [6, 6.07) is 4.99. The zero-order valence-electron chi connectivity index (χ0n) is 9.54. The number of para-hydroxylation sites is 1. The molecule has 1 aromatic rings. The van der Waals surface area contributed by atoms with Crippen LogP contribution in [0.5, 0.6) is 5.75 Å². The zero-order valence-corrected chi connectivity index (χ0v) is 11.1. The highest BCUT2D eigenvalue weighted by Gasteiger charge is 2.09. The second kappa shape index (κ2) is 7.41. The smallest absolute Gasteiger partial charge is 0.344 e. The number of hydrogen-bond acceptors (Lipinski definition) is 3. The second-order valence-corrected chi connectivity index (χ2v) is 4.23. The predicted octanol–water partition coefficient (Wildman–Crippen LogP) is 3.72. The Morgan fingerprint density at radius 1 is 1.29 bits per heavy atom. The lowest BCUT2D eigenvalue weighted by Gasteiger charge is -2.09. The Hall–Kier alpha value is -0.930. The molecule has 0 bridgehead atoms. The van der Waals surface area contributed by atoms with Gasteiger partial charge in [-0.1, -0.05) is 42.6 Å². The van der Waals surface area contributed by atoms with Crippen LogP contribution in [0.1, 0.15) is 19.8 Å². The third-order valence-corrected chi connectivity index (χ3v) is 2.61. The number of unbranched alkanes of at least 4 members (excludes halogenated alkanes) is 1. The molecule has 1 rings (SSSR count). The molecule has 3 nitrogen and oxygen atoms in total. The van der Waals surface area contributed by atoms with Gasteiger partial charge >= 0.3 is 5.97 Å². The van der Waals surface area contributed by atoms with Gasteiger partial charge in [-0.05, 0) is 18.6 Å². The molecule has 0 spiro atoms. The van der Waals surface area contributed by atoms with Crippen molar-refractivity contribution in [3.05, 3.63) is 28.2 Å². The van der Waals surface area contributed by atoms with E-state index in [-0.39, 0.29) is 6.61 Å². The lowest BCUT2D eigenvalue weighted by molar-refractivity contribution is -0.146. The molecule has 17 heavy (non-hydrogen) atoms. The summed E-state index contributed by atoms with van der Waals surface area (Å²) in [6.45, 7) is 2.25. The Labute approximate surface area is 111 Å². The maximum atomic E-state index is 11.3. The van der Waals surface area contributed by atoms with Crippen LogP contribution in [0.15, 0.2) is 18.2 Å². The maximum Gasteiger partial charge on any atom is 0.344 e. The highest BCUT2D eigenvalue weighted by molar-refractivity contribution is 6.37. The third-order valence-electron chi connectivity index (χ3n) is 2.01. The highest BCUT2D eigenvalue weighted by Crippen LogP contribution is 2.32. The van der Waals surface area contributed by atoms with Crippen molar-refractivity contribution in [2.45, 2.75) is 19.8 Å². The lowest BCUT2D eigenvalue weighted by Crippen LogP contribution is -2.15. The Kier molecular flexibility index (Phi) is 6.16. The number of carbonyl (C=O) groups is 1. The molecule has 94 valence electrons. The van der Waals surface area contributed by atoms with E-state index < -0.39 is 5.97 Å². The molecular formula is C12H14Cl2O3. The lowest BCUT2D eigenvalue weighted by atomic mass is 10.3. The standard InChI is InChI=1S/C12H14Cl2O3/c1-2-3-7-16-11(15)8-17-12-9(13)5-4-6-10(12)14/h4-6H,2-3,7-8H2,1H3. The minimum absolute atomic E-state index is 0.187. The first-order valence-corrected chi connectivity index (χ1v) is 6.13. The van der Waals surface area contributed by atoms with Gasteiger partial charge in [0, 0.05) is 0 Å². The van der Waals surface area contributed by atoms with Crippen LogP contribution in [-0.4, -0.2) is 19.2 Å². The topological polar surface area (TPSA) is 35.5 Å². The molecule has 1 aromatic carbocycles. The summed E-state index contributed by atoms with van der Waals surface area (Å²) in [4.78, 5) is 11.3. The molecule has 0 fully saturated rings. The molecule has 0 heterocycles. The van der Waals surface area contributed by atoms with Crippen LogP contribution in [0.25, 0.3) is 0 Å². The first-order chi connectivity index (χ1) is 8.15. The number of esters is 1. The van der Waals surface area contributed by atoms with Gasteiger partial charge in [0.1, 0.15) is 0 Å². The fraction of sp³-hybridized carbons (Fsp3) is 0.417. The Morgan fingerprint density at radius 2 is 1.94 bits per heavy atom. The van der Waals surface area contributed by atoms with Gasteiger partial charge in [-0.3, -0.25) is 0 Å². The molecule has 0 radical (unpaired) electrons. The minimum atomic E-state index is -0.422. The Morgan fingerprint density at radius 3 is 2.53 bits per heavy atom. The Bertz CT molecular complexity index is 360. The Balaban J connectivity index is 2.42. The molecule has 0 atom stereocenters.